The van der Waals surface area contributed by atoms with Crippen molar-refractivity contribution >= 4 is 41.1 Å². The number of unbranched alkanes of at least 4 members (excludes halogenated alkanes) is 2. The number of aliphatic carboxylic acids is 1. The molecule has 3 atom stereocenters. The van der Waals surface area contributed by atoms with E-state index in [0.29, 0.717) is 0 Å². The van der Waals surface area contributed by atoms with E-state index >= 15 is 0 Å². The van der Waals surface area contributed by atoms with Gasteiger partial charge in [0, 0.05) is 22.0 Å². The van der Waals surface area contributed by atoms with Crippen LogP contribution in [-0.4, -0.2) is 40.2 Å². The van der Waals surface area contributed by atoms with E-state index in [4.69, 9.17) is 22.3 Å². The lowest BCUT2D eigenvalue weighted by Crippen LogP contribution is -2.20. The minimum absolute atomic E-state index is 0.0509. The van der Waals surface area contributed by atoms with Crippen molar-refractivity contribution in [2.24, 2.45) is 22.1 Å². The molecule has 2 aromatic rings. The second kappa shape index (κ2) is 17.5. The number of carboxylic acid groups (broad SMARTS) is 1. The van der Waals surface area contributed by atoms with E-state index in [2.05, 4.69) is 67.6 Å². The van der Waals surface area contributed by atoms with Crippen LogP contribution in [0.3, 0.4) is 0 Å². The van der Waals surface area contributed by atoms with Crippen molar-refractivity contribution in [3.8, 4) is 0 Å². The number of nitrogens with zero attached hydrogens (tertiary/aromatic N) is 1. The van der Waals surface area contributed by atoms with Crippen LogP contribution in [0.15, 0.2) is 95.0 Å². The predicted molar refractivity (Wildman–Crippen MR) is 200 cm³/mol. The monoisotopic (exact) mass is 674 g/mol. The number of carboxylic acids is 1. The topological polar surface area (TPSA) is 95.9 Å². The van der Waals surface area contributed by atoms with Gasteiger partial charge in [-0.05, 0) is 104 Å². The highest BCUT2D eigenvalue weighted by atomic mass is 35.5. The Morgan fingerprint density at radius 3 is 2.57 bits per heavy atom. The summed E-state index contributed by atoms with van der Waals surface area (Å²) in [5.74, 6) is 0.372. The molecule has 4 N–H and O–H groups in total. The van der Waals surface area contributed by atoms with Crippen molar-refractivity contribution < 1.29 is 15.0 Å². The molecule has 0 saturated heterocycles. The number of aryl methyl sites for hydroxylation is 1. The van der Waals surface area contributed by atoms with Crippen LogP contribution < -0.4 is 5.73 Å². The zero-order valence-electron chi connectivity index (χ0n) is 28.1. The summed E-state index contributed by atoms with van der Waals surface area (Å²) < 4.78 is 0. The molecule has 1 saturated carbocycles. The minimum Gasteiger partial charge on any atom is -0.481 e. The molecule has 1 heterocycles. The van der Waals surface area contributed by atoms with Crippen molar-refractivity contribution in [3.63, 3.8) is 0 Å². The lowest BCUT2D eigenvalue weighted by Gasteiger charge is -2.27. The molecule has 7 heteroatoms. The summed E-state index contributed by atoms with van der Waals surface area (Å²) in [7, 11) is 0. The van der Waals surface area contributed by atoms with Crippen LogP contribution in [0.1, 0.15) is 93.2 Å². The fraction of sp³-hybridized carbons (Fsp3) is 0.450. The first-order chi connectivity index (χ1) is 22.5. The zero-order chi connectivity index (χ0) is 33.9. The standard InChI is InChI=1S/C35H38ClNO3S.C5H13N/c1-34(2,40)30-9-4-3-8-29(30)32(41-23-35(18-19-35)22-33(38)39)17-11-25-7-5-6-24(20-25)10-15-28-16-13-26-12-14-27(36)21-31(26)37-28;1-2-3-4-5-6/h3-10,12-16,20-21,26,31-32,40H,11,17-19,22-23H2,1-2H3,(H,38,39);2-6H2,1H3/b15-10+;/t26?,31?,32-;/m0./s1. The van der Waals surface area contributed by atoms with Gasteiger partial charge >= 0.3 is 5.97 Å². The van der Waals surface area contributed by atoms with Crippen molar-refractivity contribution in [2.75, 3.05) is 12.3 Å². The molecule has 1 fully saturated rings. The number of thioether (sulfide) groups is 1. The van der Waals surface area contributed by atoms with Crippen LogP contribution in [0.4, 0.5) is 0 Å². The second-order valence-corrected chi connectivity index (χ2v) is 15.1. The van der Waals surface area contributed by atoms with E-state index in [1.54, 1.807) is 0 Å². The molecule has 0 aromatic heterocycles. The van der Waals surface area contributed by atoms with Gasteiger partial charge in [0.25, 0.3) is 0 Å². The minimum atomic E-state index is -0.955. The van der Waals surface area contributed by atoms with Crippen LogP contribution in [0.5, 0.6) is 0 Å². The summed E-state index contributed by atoms with van der Waals surface area (Å²) in [6, 6.07) is 16.8. The molecule has 47 heavy (non-hydrogen) atoms. The number of benzene rings is 2. The number of fused-ring (bicyclic) bond motifs is 1. The third-order valence-electron chi connectivity index (χ3n) is 8.93. The van der Waals surface area contributed by atoms with E-state index in [1.165, 1.54) is 24.8 Å². The third-order valence-corrected chi connectivity index (χ3v) is 10.9. The van der Waals surface area contributed by atoms with E-state index in [-0.39, 0.29) is 29.0 Å². The summed E-state index contributed by atoms with van der Waals surface area (Å²) in [6.07, 6.45) is 22.1. The number of allylic oxidation sites excluding steroid dienone is 4. The summed E-state index contributed by atoms with van der Waals surface area (Å²) in [5, 5.41) is 21.2. The van der Waals surface area contributed by atoms with Crippen molar-refractivity contribution in [1.82, 2.24) is 0 Å². The molecule has 2 unspecified atom stereocenters. The molecule has 252 valence electrons. The maximum Gasteiger partial charge on any atom is 0.303 e. The lowest BCUT2D eigenvalue weighted by atomic mass is 9.90. The van der Waals surface area contributed by atoms with Crippen LogP contribution >= 0.6 is 23.4 Å². The number of hydrogen-bond donors (Lipinski definition) is 3. The molecular weight excluding hydrogens is 624 g/mol. The number of dihydropyridines is 1. The number of aliphatic imine (C=N–C) groups is 1. The Morgan fingerprint density at radius 2 is 1.89 bits per heavy atom. The Hall–Kier alpha value is -2.90. The number of aliphatic hydroxyl groups is 1. The first-order valence-electron chi connectivity index (χ1n) is 17.0. The summed E-state index contributed by atoms with van der Waals surface area (Å²) in [4.78, 5) is 16.3. The highest BCUT2D eigenvalue weighted by molar-refractivity contribution is 7.99. The number of halogens is 1. The number of carbonyl (C=O) groups is 1. The van der Waals surface area contributed by atoms with Crippen LogP contribution in [0.2, 0.25) is 0 Å². The molecule has 0 spiro atoms. The first-order valence-corrected chi connectivity index (χ1v) is 18.4. The van der Waals surface area contributed by atoms with Gasteiger partial charge in [0.1, 0.15) is 0 Å². The molecule has 0 radical (unpaired) electrons. The largest absolute Gasteiger partial charge is 0.481 e. The molecule has 0 bridgehead atoms. The normalized spacial score (nSPS) is 20.1. The van der Waals surface area contributed by atoms with E-state index in [0.717, 1.165) is 65.4 Å². The summed E-state index contributed by atoms with van der Waals surface area (Å²) in [6.45, 7) is 6.69. The number of nitrogens with two attached hydrogens (primary N) is 1. The van der Waals surface area contributed by atoms with Gasteiger partial charge in [-0.2, -0.15) is 11.8 Å². The Balaban J connectivity index is 0.000000762. The summed E-state index contributed by atoms with van der Waals surface area (Å²) in [5.41, 5.74) is 9.55. The Kier molecular flexibility index (Phi) is 13.7. The highest BCUT2D eigenvalue weighted by Gasteiger charge is 2.44. The predicted octanol–water partition coefficient (Wildman–Crippen LogP) is 9.41. The van der Waals surface area contributed by atoms with Crippen LogP contribution in [0.25, 0.3) is 6.08 Å². The SMILES string of the molecule is CC(C)(O)c1ccccc1[C@H](CCc1cccc(/C=C/C2=NC3C=C(Cl)C=CC3C=C2)c1)SCC1(CC(=O)O)CC1.CCCCCN. The van der Waals surface area contributed by atoms with Crippen molar-refractivity contribution in [2.45, 2.75) is 89.0 Å². The van der Waals surface area contributed by atoms with Gasteiger partial charge in [0.15, 0.2) is 0 Å². The molecule has 1 aliphatic heterocycles. The van der Waals surface area contributed by atoms with Gasteiger partial charge in [0.2, 0.25) is 0 Å². The Labute approximate surface area is 290 Å². The summed E-state index contributed by atoms with van der Waals surface area (Å²) >= 11 is 8.03. The average molecular weight is 675 g/mol. The van der Waals surface area contributed by atoms with Gasteiger partial charge in [0.05, 0.1) is 23.8 Å². The lowest BCUT2D eigenvalue weighted by molar-refractivity contribution is -0.138. The number of hydrogen-bond acceptors (Lipinski definition) is 5. The maximum atomic E-state index is 11.5. The van der Waals surface area contributed by atoms with E-state index < -0.39 is 11.6 Å². The van der Waals surface area contributed by atoms with Crippen molar-refractivity contribution in [1.29, 1.82) is 0 Å². The fourth-order valence-electron chi connectivity index (χ4n) is 6.01. The maximum absolute atomic E-state index is 11.5. The van der Waals surface area contributed by atoms with Gasteiger partial charge in [-0.15, -0.1) is 0 Å². The van der Waals surface area contributed by atoms with E-state index in [9.17, 15) is 15.0 Å². The molecule has 5 nitrogen and oxygen atoms in total. The Bertz CT molecular complexity index is 1490. The first kappa shape index (κ1) is 36.9. The number of rotatable bonds is 15. The van der Waals surface area contributed by atoms with Crippen LogP contribution in [0, 0.1) is 11.3 Å². The third kappa shape index (κ3) is 11.6. The quantitative estimate of drug-likeness (QED) is 0.164. The zero-order valence-corrected chi connectivity index (χ0v) is 29.6. The highest BCUT2D eigenvalue weighted by Crippen LogP contribution is 2.53. The smallest absolute Gasteiger partial charge is 0.303 e. The van der Waals surface area contributed by atoms with Crippen molar-refractivity contribution in [3.05, 3.63) is 112 Å². The molecule has 5 rings (SSSR count). The molecule has 2 aliphatic carbocycles. The second-order valence-electron chi connectivity index (χ2n) is 13.5. The molecule has 2 aromatic carbocycles. The van der Waals surface area contributed by atoms with Gasteiger partial charge in [-0.3, -0.25) is 9.79 Å². The molecule has 0 amide bonds. The van der Waals surface area contributed by atoms with Gasteiger partial charge in [-0.1, -0.05) is 98.1 Å². The van der Waals surface area contributed by atoms with Crippen LogP contribution in [-0.2, 0) is 16.8 Å². The van der Waals surface area contributed by atoms with Gasteiger partial charge < -0.3 is 15.9 Å². The molecular formula is C40H51ClN2O3S. The average Bonchev–Trinajstić information content (AvgIpc) is 3.81. The van der Waals surface area contributed by atoms with Gasteiger partial charge in [-0.25, -0.2) is 0 Å². The fourth-order valence-corrected chi connectivity index (χ4v) is 7.82. The van der Waals surface area contributed by atoms with E-state index in [1.807, 2.05) is 56.0 Å². The molecule has 3 aliphatic rings. The Morgan fingerprint density at radius 1 is 1.13 bits per heavy atom.